The summed E-state index contributed by atoms with van der Waals surface area (Å²) in [7, 11) is 0. The number of aromatic nitrogens is 3. The lowest BCUT2D eigenvalue weighted by Crippen LogP contribution is -2.37. The van der Waals surface area contributed by atoms with E-state index in [2.05, 4.69) is 30.9 Å². The average molecular weight is 509 g/mol. The van der Waals surface area contributed by atoms with Crippen LogP contribution in [0.4, 0.5) is 21.7 Å². The fourth-order valence-electron chi connectivity index (χ4n) is 4.12. The van der Waals surface area contributed by atoms with Crippen LogP contribution in [0.3, 0.4) is 0 Å². The van der Waals surface area contributed by atoms with Crippen molar-refractivity contribution in [2.75, 3.05) is 17.2 Å². The van der Waals surface area contributed by atoms with Crippen molar-refractivity contribution in [3.8, 4) is 0 Å². The van der Waals surface area contributed by atoms with Crippen LogP contribution in [0.2, 0.25) is 0 Å². The van der Waals surface area contributed by atoms with E-state index in [1.807, 2.05) is 39.0 Å². The summed E-state index contributed by atoms with van der Waals surface area (Å²) in [6.45, 7) is 5.97. The van der Waals surface area contributed by atoms with Crippen molar-refractivity contribution in [3.05, 3.63) is 47.5 Å². The van der Waals surface area contributed by atoms with Crippen LogP contribution in [-0.2, 0) is 9.53 Å². The van der Waals surface area contributed by atoms with Crippen molar-refractivity contribution in [3.63, 3.8) is 0 Å². The zero-order valence-corrected chi connectivity index (χ0v) is 20.8. The Morgan fingerprint density at radius 3 is 2.83 bits per heavy atom. The molecular weight excluding hydrogens is 483 g/mol. The van der Waals surface area contributed by atoms with Gasteiger partial charge in [-0.05, 0) is 51.5 Å². The van der Waals surface area contributed by atoms with Crippen LogP contribution in [0.25, 0.3) is 21.0 Å². The van der Waals surface area contributed by atoms with Crippen molar-refractivity contribution < 1.29 is 18.7 Å². The summed E-state index contributed by atoms with van der Waals surface area (Å²) in [5.74, 6) is -0.280. The molecule has 1 aromatic carbocycles. The van der Waals surface area contributed by atoms with Gasteiger partial charge in [-0.15, -0.1) is 11.3 Å². The van der Waals surface area contributed by atoms with E-state index in [0.29, 0.717) is 29.5 Å². The lowest BCUT2D eigenvalue weighted by molar-refractivity contribution is -0.155. The first-order valence-corrected chi connectivity index (χ1v) is 12.4. The van der Waals surface area contributed by atoms with Gasteiger partial charge in [0.1, 0.15) is 28.4 Å². The third-order valence-electron chi connectivity index (χ3n) is 5.60. The van der Waals surface area contributed by atoms with Gasteiger partial charge in [0.05, 0.1) is 11.2 Å². The Morgan fingerprint density at radius 2 is 2.06 bits per heavy atom. The third kappa shape index (κ3) is 5.06. The van der Waals surface area contributed by atoms with Crippen LogP contribution in [0, 0.1) is 5.95 Å². The molecule has 0 aliphatic carbocycles. The van der Waals surface area contributed by atoms with Crippen molar-refractivity contribution >= 4 is 61.5 Å². The number of rotatable bonds is 5. The van der Waals surface area contributed by atoms with Crippen LogP contribution in [-0.4, -0.2) is 45.0 Å². The first-order chi connectivity index (χ1) is 17.2. The van der Waals surface area contributed by atoms with Gasteiger partial charge in [-0.25, -0.2) is 15.0 Å². The van der Waals surface area contributed by atoms with Gasteiger partial charge in [-0.1, -0.05) is 0 Å². The predicted octanol–water partition coefficient (Wildman–Crippen LogP) is 4.77. The first-order valence-electron chi connectivity index (χ1n) is 11.5. The first kappa shape index (κ1) is 23.9. The van der Waals surface area contributed by atoms with Gasteiger partial charge in [0.25, 0.3) is 5.91 Å². The standard InChI is InChI=1S/C25H25FN6O3S/c1-25(2,3)35-20(33)9-4-13-11-27-22-21-14-5-8-18(32-19-10-17(26)28-12-29-19)31-15(14)6-7-16(21)36-23(22)24(34)30-13/h5-8,10,12-13,27H,4,9,11H2,1-3H3,(H,30,34)(H,28,29,31,32)/t13-/m1/s1. The number of benzene rings is 1. The van der Waals surface area contributed by atoms with Gasteiger partial charge in [0, 0.05) is 40.5 Å². The van der Waals surface area contributed by atoms with E-state index in [-0.39, 0.29) is 24.3 Å². The molecule has 36 heavy (non-hydrogen) atoms. The van der Waals surface area contributed by atoms with Gasteiger partial charge in [0.15, 0.2) is 0 Å². The highest BCUT2D eigenvalue weighted by Crippen LogP contribution is 2.41. The fourth-order valence-corrected chi connectivity index (χ4v) is 5.22. The number of nitrogens with zero attached hydrogens (tertiary/aromatic N) is 3. The second kappa shape index (κ2) is 9.30. The quantitative estimate of drug-likeness (QED) is 0.261. The van der Waals surface area contributed by atoms with Crippen LogP contribution in [0.5, 0.6) is 0 Å². The number of esters is 1. The highest BCUT2D eigenvalue weighted by atomic mass is 32.1. The van der Waals surface area contributed by atoms with Gasteiger partial charge >= 0.3 is 5.97 Å². The maximum absolute atomic E-state index is 13.4. The molecule has 5 rings (SSSR count). The van der Waals surface area contributed by atoms with Crippen LogP contribution in [0.15, 0.2) is 36.7 Å². The molecule has 0 bridgehead atoms. The van der Waals surface area contributed by atoms with Crippen LogP contribution < -0.4 is 16.0 Å². The van der Waals surface area contributed by atoms with Gasteiger partial charge in [0.2, 0.25) is 5.95 Å². The molecule has 0 fully saturated rings. The molecule has 1 aliphatic rings. The van der Waals surface area contributed by atoms with Gasteiger partial charge in [-0.2, -0.15) is 4.39 Å². The normalized spacial score (nSPS) is 15.7. The predicted molar refractivity (Wildman–Crippen MR) is 137 cm³/mol. The third-order valence-corrected chi connectivity index (χ3v) is 6.75. The molecule has 1 amide bonds. The van der Waals surface area contributed by atoms with Crippen LogP contribution in [0.1, 0.15) is 43.3 Å². The Hall–Kier alpha value is -3.86. The van der Waals surface area contributed by atoms with Gasteiger partial charge in [-0.3, -0.25) is 9.59 Å². The SMILES string of the molecule is CC(C)(C)OC(=O)CC[C@@H]1CNc2c(sc3ccc4nc(Nc5cc(F)ncn5)ccc4c23)C(=O)N1. The van der Waals surface area contributed by atoms with Gasteiger partial charge < -0.3 is 20.7 Å². The van der Waals surface area contributed by atoms with Crippen LogP contribution >= 0.6 is 11.3 Å². The molecule has 0 saturated carbocycles. The number of pyridine rings is 1. The number of amides is 1. The minimum absolute atomic E-state index is 0.171. The highest BCUT2D eigenvalue weighted by Gasteiger charge is 2.27. The lowest BCUT2D eigenvalue weighted by atomic mass is 10.1. The van der Waals surface area contributed by atoms with E-state index in [0.717, 1.165) is 33.0 Å². The molecule has 0 radical (unpaired) electrons. The Balaban J connectivity index is 1.39. The largest absolute Gasteiger partial charge is 0.460 e. The van der Waals surface area contributed by atoms with E-state index in [1.54, 1.807) is 6.07 Å². The fraction of sp³-hybridized carbons (Fsp3) is 0.320. The zero-order chi connectivity index (χ0) is 25.4. The van der Waals surface area contributed by atoms with E-state index in [1.165, 1.54) is 17.4 Å². The van der Waals surface area contributed by atoms with E-state index < -0.39 is 11.5 Å². The second-order valence-electron chi connectivity index (χ2n) is 9.54. The number of fused-ring (bicyclic) bond motifs is 5. The maximum Gasteiger partial charge on any atom is 0.306 e. The number of anilines is 3. The summed E-state index contributed by atoms with van der Waals surface area (Å²) >= 11 is 1.41. The van der Waals surface area contributed by atoms with Crippen molar-refractivity contribution in [2.24, 2.45) is 0 Å². The lowest BCUT2D eigenvalue weighted by Gasteiger charge is -2.21. The number of hydrogen-bond acceptors (Lipinski definition) is 9. The number of carbonyl (C=O) groups excluding carboxylic acids is 2. The van der Waals surface area contributed by atoms with E-state index in [4.69, 9.17) is 4.74 Å². The minimum atomic E-state index is -0.635. The molecule has 9 nitrogen and oxygen atoms in total. The van der Waals surface area contributed by atoms with Crippen molar-refractivity contribution in [2.45, 2.75) is 45.3 Å². The average Bonchev–Trinajstić information content (AvgIpc) is 3.11. The second-order valence-corrected chi connectivity index (χ2v) is 10.6. The smallest absolute Gasteiger partial charge is 0.306 e. The molecule has 0 unspecified atom stereocenters. The number of halogens is 1. The molecule has 3 N–H and O–H groups in total. The molecular formula is C25H25FN6O3S. The molecule has 11 heteroatoms. The number of hydrogen-bond donors (Lipinski definition) is 3. The summed E-state index contributed by atoms with van der Waals surface area (Å²) in [6, 6.07) is 8.51. The van der Waals surface area contributed by atoms with E-state index in [9.17, 15) is 14.0 Å². The Bertz CT molecular complexity index is 1480. The molecule has 4 heterocycles. The summed E-state index contributed by atoms with van der Waals surface area (Å²) in [5, 5.41) is 11.3. The topological polar surface area (TPSA) is 118 Å². The minimum Gasteiger partial charge on any atom is -0.460 e. The Labute approximate surface area is 210 Å². The maximum atomic E-state index is 13.4. The molecule has 186 valence electrons. The molecule has 1 aliphatic heterocycles. The Morgan fingerprint density at radius 1 is 1.22 bits per heavy atom. The summed E-state index contributed by atoms with van der Waals surface area (Å²) in [5.41, 5.74) is 0.939. The molecule has 1 atom stereocenters. The summed E-state index contributed by atoms with van der Waals surface area (Å²) in [4.78, 5) is 37.9. The molecule has 0 saturated heterocycles. The monoisotopic (exact) mass is 508 g/mol. The summed E-state index contributed by atoms with van der Waals surface area (Å²) < 4.78 is 19.7. The van der Waals surface area contributed by atoms with E-state index >= 15 is 0 Å². The highest BCUT2D eigenvalue weighted by molar-refractivity contribution is 7.21. The Kier molecular flexibility index (Phi) is 6.17. The summed E-state index contributed by atoms with van der Waals surface area (Å²) in [6.07, 6.45) is 1.83. The zero-order valence-electron chi connectivity index (χ0n) is 20.0. The molecule has 4 aromatic rings. The molecule has 0 spiro atoms. The number of ether oxygens (including phenoxy) is 1. The number of nitrogens with one attached hydrogen (secondary N) is 3. The number of thiophene rings is 1. The van der Waals surface area contributed by atoms with Crippen molar-refractivity contribution in [1.82, 2.24) is 20.3 Å². The molecule has 3 aromatic heterocycles. The van der Waals surface area contributed by atoms with Crippen molar-refractivity contribution in [1.29, 1.82) is 0 Å². The number of carbonyl (C=O) groups is 2.